The lowest BCUT2D eigenvalue weighted by Crippen LogP contribution is -2.32. The molecule has 0 heterocycles. The second-order valence-electron chi connectivity index (χ2n) is 6.31. The van der Waals surface area contributed by atoms with Crippen LogP contribution in [0, 0.1) is 0 Å². The second kappa shape index (κ2) is 8.10. The minimum absolute atomic E-state index is 0.154. The number of carbonyl (C=O) groups is 2. The van der Waals surface area contributed by atoms with Crippen molar-refractivity contribution in [3.8, 4) is 0 Å². The molecule has 3 rings (SSSR count). The first-order valence-corrected chi connectivity index (χ1v) is 8.88. The van der Waals surface area contributed by atoms with Crippen LogP contribution in [0.5, 0.6) is 0 Å². The number of hydrogen-bond acceptors (Lipinski definition) is 3. The molecule has 3 amide bonds. The van der Waals surface area contributed by atoms with E-state index >= 15 is 0 Å². The lowest BCUT2D eigenvalue weighted by molar-refractivity contribution is -0.116. The minimum Gasteiger partial charge on any atom is -0.374 e. The Hall–Kier alpha value is -2.73. The molecule has 1 unspecified atom stereocenters. The van der Waals surface area contributed by atoms with Crippen LogP contribution >= 0.6 is 11.6 Å². The van der Waals surface area contributed by atoms with Crippen molar-refractivity contribution < 1.29 is 9.59 Å². The first-order chi connectivity index (χ1) is 12.5. The second-order valence-corrected chi connectivity index (χ2v) is 6.75. The summed E-state index contributed by atoms with van der Waals surface area (Å²) >= 11 is 5.83. The molecule has 0 aromatic heterocycles. The Morgan fingerprint density at radius 1 is 0.923 bits per heavy atom. The topological polar surface area (TPSA) is 82.3 Å². The van der Waals surface area contributed by atoms with Crippen molar-refractivity contribution in [1.82, 2.24) is 5.32 Å². The van der Waals surface area contributed by atoms with E-state index in [9.17, 15) is 9.59 Å². The van der Waals surface area contributed by atoms with Gasteiger partial charge in [0, 0.05) is 28.1 Å². The van der Waals surface area contributed by atoms with Gasteiger partial charge in [-0.25, -0.2) is 4.79 Å². The molecule has 7 heteroatoms. The summed E-state index contributed by atoms with van der Waals surface area (Å²) in [6.07, 6.45) is 2.10. The molecule has 2 aromatic carbocycles. The highest BCUT2D eigenvalue weighted by Gasteiger charge is 2.23. The summed E-state index contributed by atoms with van der Waals surface area (Å²) in [5.74, 6) is -0.154. The Bertz CT molecular complexity index is 773. The maximum Gasteiger partial charge on any atom is 0.319 e. The van der Waals surface area contributed by atoms with Gasteiger partial charge in [0.1, 0.15) is 6.04 Å². The molecule has 4 N–H and O–H groups in total. The maximum atomic E-state index is 12.3. The summed E-state index contributed by atoms with van der Waals surface area (Å²) in [5, 5.41) is 12.2. The van der Waals surface area contributed by atoms with Crippen LogP contribution in [-0.4, -0.2) is 24.0 Å². The Labute approximate surface area is 157 Å². The van der Waals surface area contributed by atoms with Crippen LogP contribution in [0.1, 0.15) is 19.8 Å². The van der Waals surface area contributed by atoms with E-state index < -0.39 is 6.04 Å². The Kier molecular flexibility index (Phi) is 5.63. The number of rotatable bonds is 6. The largest absolute Gasteiger partial charge is 0.374 e. The number of carbonyl (C=O) groups excluding carboxylic acids is 2. The molecule has 26 heavy (non-hydrogen) atoms. The molecule has 1 atom stereocenters. The number of nitrogens with one attached hydrogen (secondary N) is 4. The van der Waals surface area contributed by atoms with Gasteiger partial charge in [0.2, 0.25) is 5.91 Å². The van der Waals surface area contributed by atoms with Crippen LogP contribution in [0.15, 0.2) is 48.5 Å². The van der Waals surface area contributed by atoms with Gasteiger partial charge in [0.15, 0.2) is 0 Å². The highest BCUT2D eigenvalue weighted by atomic mass is 35.5. The molecule has 1 aliphatic carbocycles. The number of halogens is 1. The molecule has 0 spiro atoms. The minimum atomic E-state index is -0.428. The third-order valence-electron chi connectivity index (χ3n) is 3.94. The lowest BCUT2D eigenvalue weighted by atomic mass is 10.2. The quantitative estimate of drug-likeness (QED) is 0.617. The van der Waals surface area contributed by atoms with E-state index in [2.05, 4.69) is 21.3 Å². The van der Waals surface area contributed by atoms with Crippen LogP contribution in [-0.2, 0) is 4.79 Å². The van der Waals surface area contributed by atoms with Crippen molar-refractivity contribution in [2.45, 2.75) is 31.8 Å². The molecule has 1 aliphatic rings. The predicted octanol–water partition coefficient (Wildman–Crippen LogP) is 4.06. The molecule has 0 bridgehead atoms. The summed E-state index contributed by atoms with van der Waals surface area (Å²) in [4.78, 5) is 24.0. The molecule has 2 aromatic rings. The van der Waals surface area contributed by atoms with E-state index in [4.69, 9.17) is 11.6 Å². The zero-order valence-corrected chi connectivity index (χ0v) is 15.1. The number of amides is 3. The Morgan fingerprint density at radius 3 is 2.08 bits per heavy atom. The summed E-state index contributed by atoms with van der Waals surface area (Å²) < 4.78 is 0. The number of benzene rings is 2. The average molecular weight is 373 g/mol. The molecule has 136 valence electrons. The number of hydrogen-bond donors (Lipinski definition) is 4. The molecular formula is C19H21ClN4O2. The fourth-order valence-corrected chi connectivity index (χ4v) is 2.46. The molecule has 0 radical (unpaired) electrons. The van der Waals surface area contributed by atoms with Gasteiger partial charge in [-0.3, -0.25) is 4.79 Å². The summed E-state index contributed by atoms with van der Waals surface area (Å²) in [6, 6.07) is 13.9. The van der Waals surface area contributed by atoms with Gasteiger partial charge in [-0.05, 0) is 68.3 Å². The van der Waals surface area contributed by atoms with E-state index in [1.54, 1.807) is 43.3 Å². The standard InChI is InChI=1S/C19H21ClN4O2/c1-12(18(25)22-15-4-2-13(20)3-5-15)21-14-6-8-16(9-7-14)23-19(26)24-17-10-11-17/h2-9,12,17,21H,10-11H2,1H3,(H,22,25)(H2,23,24,26). The SMILES string of the molecule is CC(Nc1ccc(NC(=O)NC2CC2)cc1)C(=O)Nc1ccc(Cl)cc1. The molecule has 0 saturated heterocycles. The van der Waals surface area contributed by atoms with Crippen molar-refractivity contribution >= 4 is 40.6 Å². The van der Waals surface area contributed by atoms with Crippen LogP contribution in [0.4, 0.5) is 21.9 Å². The fraction of sp³-hybridized carbons (Fsp3) is 0.263. The van der Waals surface area contributed by atoms with Crippen LogP contribution < -0.4 is 21.3 Å². The normalized spacial score (nSPS) is 14.2. The smallest absolute Gasteiger partial charge is 0.319 e. The summed E-state index contributed by atoms with van der Waals surface area (Å²) in [7, 11) is 0. The van der Waals surface area contributed by atoms with Crippen molar-refractivity contribution in [3.05, 3.63) is 53.6 Å². The van der Waals surface area contributed by atoms with E-state index in [1.165, 1.54) is 0 Å². The van der Waals surface area contributed by atoms with Gasteiger partial charge >= 0.3 is 6.03 Å². The van der Waals surface area contributed by atoms with Gasteiger partial charge in [-0.1, -0.05) is 11.6 Å². The molecule has 1 saturated carbocycles. The van der Waals surface area contributed by atoms with Gasteiger partial charge in [0.25, 0.3) is 0 Å². The van der Waals surface area contributed by atoms with Crippen molar-refractivity contribution in [2.75, 3.05) is 16.0 Å². The molecular weight excluding hydrogens is 352 g/mol. The van der Waals surface area contributed by atoms with Gasteiger partial charge in [-0.2, -0.15) is 0 Å². The van der Waals surface area contributed by atoms with E-state index in [1.807, 2.05) is 12.1 Å². The number of anilines is 3. The lowest BCUT2D eigenvalue weighted by Gasteiger charge is -2.16. The fourth-order valence-electron chi connectivity index (χ4n) is 2.33. The molecule has 6 nitrogen and oxygen atoms in total. The predicted molar refractivity (Wildman–Crippen MR) is 105 cm³/mol. The van der Waals surface area contributed by atoms with Crippen LogP contribution in [0.2, 0.25) is 5.02 Å². The highest BCUT2D eigenvalue weighted by molar-refractivity contribution is 6.30. The van der Waals surface area contributed by atoms with Crippen molar-refractivity contribution in [1.29, 1.82) is 0 Å². The van der Waals surface area contributed by atoms with Gasteiger partial charge in [0.05, 0.1) is 0 Å². The Morgan fingerprint density at radius 2 is 1.46 bits per heavy atom. The first-order valence-electron chi connectivity index (χ1n) is 8.50. The van der Waals surface area contributed by atoms with E-state index in [-0.39, 0.29) is 11.9 Å². The van der Waals surface area contributed by atoms with Gasteiger partial charge < -0.3 is 21.3 Å². The summed E-state index contributed by atoms with van der Waals surface area (Å²) in [6.45, 7) is 1.78. The van der Waals surface area contributed by atoms with Crippen LogP contribution in [0.25, 0.3) is 0 Å². The summed E-state index contributed by atoms with van der Waals surface area (Å²) in [5.41, 5.74) is 2.18. The third kappa shape index (κ3) is 5.39. The van der Waals surface area contributed by atoms with Gasteiger partial charge in [-0.15, -0.1) is 0 Å². The van der Waals surface area contributed by atoms with Crippen LogP contribution in [0.3, 0.4) is 0 Å². The Balaban J connectivity index is 1.49. The zero-order chi connectivity index (χ0) is 18.5. The number of urea groups is 1. The third-order valence-corrected chi connectivity index (χ3v) is 4.20. The maximum absolute atomic E-state index is 12.3. The van der Waals surface area contributed by atoms with Crippen molar-refractivity contribution in [3.63, 3.8) is 0 Å². The van der Waals surface area contributed by atoms with E-state index in [0.717, 1.165) is 18.5 Å². The highest BCUT2D eigenvalue weighted by Crippen LogP contribution is 2.19. The van der Waals surface area contributed by atoms with Crippen molar-refractivity contribution in [2.24, 2.45) is 0 Å². The monoisotopic (exact) mass is 372 g/mol. The van der Waals surface area contributed by atoms with E-state index in [0.29, 0.717) is 22.4 Å². The first kappa shape index (κ1) is 18.1. The average Bonchev–Trinajstić information content (AvgIpc) is 3.42. The molecule has 1 fully saturated rings. The molecule has 0 aliphatic heterocycles. The zero-order valence-electron chi connectivity index (χ0n) is 14.4.